The van der Waals surface area contributed by atoms with E-state index in [1.165, 1.54) is 60.8 Å². The molecule has 0 atom stereocenters. The Bertz CT molecular complexity index is 936. The molecule has 0 unspecified atom stereocenters. The summed E-state index contributed by atoms with van der Waals surface area (Å²) in [5, 5.41) is 2.97. The fourth-order valence-electron chi connectivity index (χ4n) is 4.13. The van der Waals surface area contributed by atoms with Gasteiger partial charge in [-0.2, -0.15) is 0 Å². The van der Waals surface area contributed by atoms with E-state index >= 15 is 0 Å². The van der Waals surface area contributed by atoms with Crippen LogP contribution >= 0.6 is 0 Å². The second kappa shape index (κ2) is 8.03. The van der Waals surface area contributed by atoms with E-state index in [4.69, 9.17) is 0 Å². The molecule has 2 heteroatoms. The molecule has 0 spiro atoms. The summed E-state index contributed by atoms with van der Waals surface area (Å²) in [6, 6.07) is 0. The summed E-state index contributed by atoms with van der Waals surface area (Å²) in [6.45, 7) is 26.1. The van der Waals surface area contributed by atoms with Gasteiger partial charge in [0.15, 0.2) is 0 Å². The third-order valence-corrected chi connectivity index (χ3v) is 6.87. The van der Waals surface area contributed by atoms with Gasteiger partial charge < -0.3 is 0 Å². The van der Waals surface area contributed by atoms with E-state index in [9.17, 15) is 0 Å². The molecule has 0 aliphatic carbocycles. The molecule has 3 rings (SSSR count). The molecular weight excluding hydrogens is 340 g/mol. The molecule has 0 aliphatic rings. The first-order valence-electron chi connectivity index (χ1n) is 10.1. The van der Waals surface area contributed by atoms with Crippen molar-refractivity contribution in [3.63, 3.8) is 0 Å². The SMILES string of the molecule is Cc1c(C)c(C)c2c(C)c(C)c(C)c(C)c2c1C.Cc1nc(C)c(C)c(C)n1. The Morgan fingerprint density at radius 2 is 0.571 bits per heavy atom. The van der Waals surface area contributed by atoms with Gasteiger partial charge in [-0.1, -0.05) is 0 Å². The van der Waals surface area contributed by atoms with Crippen molar-refractivity contribution in [2.24, 2.45) is 0 Å². The van der Waals surface area contributed by atoms with Gasteiger partial charge in [0, 0.05) is 11.4 Å². The second-order valence-corrected chi connectivity index (χ2v) is 8.32. The van der Waals surface area contributed by atoms with Gasteiger partial charge in [0.2, 0.25) is 0 Å². The first-order chi connectivity index (χ1) is 12.9. The number of fused-ring (bicyclic) bond motifs is 1. The number of benzene rings is 2. The van der Waals surface area contributed by atoms with Gasteiger partial charge in [0.05, 0.1) is 0 Å². The van der Waals surface area contributed by atoms with Crippen LogP contribution in [0.3, 0.4) is 0 Å². The van der Waals surface area contributed by atoms with E-state index in [2.05, 4.69) is 65.4 Å². The van der Waals surface area contributed by atoms with Crippen LogP contribution in [0.4, 0.5) is 0 Å². The monoisotopic (exact) mass is 376 g/mol. The van der Waals surface area contributed by atoms with Crippen LogP contribution in [-0.2, 0) is 0 Å². The van der Waals surface area contributed by atoms with Gasteiger partial charge >= 0.3 is 0 Å². The van der Waals surface area contributed by atoms with Crippen molar-refractivity contribution in [1.82, 2.24) is 9.97 Å². The van der Waals surface area contributed by atoms with Crippen molar-refractivity contribution in [1.29, 1.82) is 0 Å². The second-order valence-electron chi connectivity index (χ2n) is 8.32. The van der Waals surface area contributed by atoms with Gasteiger partial charge in [-0.15, -0.1) is 0 Å². The van der Waals surface area contributed by atoms with E-state index in [1.807, 2.05) is 27.7 Å². The zero-order valence-electron chi connectivity index (χ0n) is 19.9. The maximum Gasteiger partial charge on any atom is 0.125 e. The predicted octanol–water partition coefficient (Wildman–Crippen LogP) is 7.02. The number of nitrogens with zero attached hydrogens (tertiary/aromatic N) is 2. The first-order valence-corrected chi connectivity index (χ1v) is 10.1. The molecule has 2 aromatic carbocycles. The van der Waals surface area contributed by atoms with Crippen LogP contribution in [0, 0.1) is 83.1 Å². The highest BCUT2D eigenvalue weighted by molar-refractivity contribution is 5.97. The molecule has 0 radical (unpaired) electrons. The summed E-state index contributed by atoms with van der Waals surface area (Å²) < 4.78 is 0. The molecule has 2 nitrogen and oxygen atoms in total. The van der Waals surface area contributed by atoms with Crippen LogP contribution in [-0.4, -0.2) is 9.97 Å². The Balaban J connectivity index is 0.000000237. The topological polar surface area (TPSA) is 25.8 Å². The summed E-state index contributed by atoms with van der Waals surface area (Å²) in [5.74, 6) is 0.862. The Labute approximate surface area is 171 Å². The van der Waals surface area contributed by atoms with E-state index in [0.717, 1.165) is 17.2 Å². The van der Waals surface area contributed by atoms with Crippen molar-refractivity contribution >= 4 is 10.8 Å². The Morgan fingerprint density at radius 1 is 0.321 bits per heavy atom. The highest BCUT2D eigenvalue weighted by atomic mass is 14.9. The molecule has 3 aromatic rings. The quantitative estimate of drug-likeness (QED) is 0.421. The molecule has 1 heterocycles. The molecule has 0 bridgehead atoms. The third kappa shape index (κ3) is 3.70. The van der Waals surface area contributed by atoms with E-state index in [-0.39, 0.29) is 0 Å². The van der Waals surface area contributed by atoms with E-state index in [0.29, 0.717) is 0 Å². The molecule has 0 aliphatic heterocycles. The molecule has 28 heavy (non-hydrogen) atoms. The lowest BCUT2D eigenvalue weighted by Crippen LogP contribution is -2.01. The summed E-state index contributed by atoms with van der Waals surface area (Å²) in [4.78, 5) is 8.45. The zero-order valence-corrected chi connectivity index (χ0v) is 19.9. The molecule has 0 fully saturated rings. The Kier molecular flexibility index (Phi) is 6.33. The maximum absolute atomic E-state index is 4.22. The molecule has 0 amide bonds. The van der Waals surface area contributed by atoms with Crippen LogP contribution in [0.2, 0.25) is 0 Å². The summed E-state index contributed by atoms with van der Waals surface area (Å²) in [7, 11) is 0. The molecule has 0 saturated heterocycles. The molecular formula is C26H36N2. The van der Waals surface area contributed by atoms with Crippen molar-refractivity contribution in [2.45, 2.75) is 83.1 Å². The summed E-state index contributed by atoms with van der Waals surface area (Å²) >= 11 is 0. The largest absolute Gasteiger partial charge is 0.238 e. The number of aromatic nitrogens is 2. The van der Waals surface area contributed by atoms with Crippen LogP contribution in [0.1, 0.15) is 67.3 Å². The number of hydrogen-bond donors (Lipinski definition) is 0. The van der Waals surface area contributed by atoms with Gasteiger partial charge in [-0.3, -0.25) is 0 Å². The van der Waals surface area contributed by atoms with Crippen molar-refractivity contribution in [3.05, 3.63) is 67.3 Å². The lowest BCUT2D eigenvalue weighted by Gasteiger charge is -2.21. The average Bonchev–Trinajstić information content (AvgIpc) is 2.64. The molecule has 0 N–H and O–H groups in total. The van der Waals surface area contributed by atoms with Crippen molar-refractivity contribution in [3.8, 4) is 0 Å². The van der Waals surface area contributed by atoms with E-state index in [1.54, 1.807) is 0 Å². The number of aryl methyl sites for hydroxylation is 7. The summed E-state index contributed by atoms with van der Waals surface area (Å²) in [6.07, 6.45) is 0. The molecule has 1 aromatic heterocycles. The smallest absolute Gasteiger partial charge is 0.125 e. The number of rotatable bonds is 0. The average molecular weight is 377 g/mol. The zero-order chi connectivity index (χ0) is 21.5. The van der Waals surface area contributed by atoms with Crippen molar-refractivity contribution < 1.29 is 0 Å². The minimum Gasteiger partial charge on any atom is -0.238 e. The fourth-order valence-corrected chi connectivity index (χ4v) is 4.13. The predicted molar refractivity (Wildman–Crippen MR) is 123 cm³/mol. The minimum atomic E-state index is 0.862. The maximum atomic E-state index is 4.22. The van der Waals surface area contributed by atoms with Gasteiger partial charge in [0.1, 0.15) is 5.82 Å². The van der Waals surface area contributed by atoms with E-state index < -0.39 is 0 Å². The van der Waals surface area contributed by atoms with Gasteiger partial charge in [-0.05, 0) is 144 Å². The third-order valence-electron chi connectivity index (χ3n) is 6.87. The standard InChI is InChI=1S/C18H24.C8H12N2/c1-9-10(2)14(6)18-16(8)12(4)11(3)15(7)17(18)13(9)5;1-5-6(2)9-8(4)10-7(5)3/h1-8H3;1-4H3. The highest BCUT2D eigenvalue weighted by Crippen LogP contribution is 2.36. The normalized spacial score (nSPS) is 10.9. The lowest BCUT2D eigenvalue weighted by molar-refractivity contribution is 0.948. The summed E-state index contributed by atoms with van der Waals surface area (Å²) in [5.41, 5.74) is 15.0. The first kappa shape index (κ1) is 22.1. The van der Waals surface area contributed by atoms with Crippen LogP contribution in [0.5, 0.6) is 0 Å². The molecule has 0 saturated carbocycles. The van der Waals surface area contributed by atoms with Gasteiger partial charge in [-0.25, -0.2) is 9.97 Å². The Hall–Kier alpha value is -2.22. The number of hydrogen-bond acceptors (Lipinski definition) is 2. The Morgan fingerprint density at radius 3 is 0.821 bits per heavy atom. The van der Waals surface area contributed by atoms with Crippen LogP contribution < -0.4 is 0 Å². The highest BCUT2D eigenvalue weighted by Gasteiger charge is 2.16. The van der Waals surface area contributed by atoms with Crippen LogP contribution in [0.15, 0.2) is 0 Å². The van der Waals surface area contributed by atoms with Gasteiger partial charge in [0.25, 0.3) is 0 Å². The fraction of sp³-hybridized carbons (Fsp3) is 0.462. The molecule has 150 valence electrons. The minimum absolute atomic E-state index is 0.862. The van der Waals surface area contributed by atoms with Crippen LogP contribution in [0.25, 0.3) is 10.8 Å². The van der Waals surface area contributed by atoms with Crippen molar-refractivity contribution in [2.75, 3.05) is 0 Å². The lowest BCUT2D eigenvalue weighted by atomic mass is 9.83.